The van der Waals surface area contributed by atoms with Crippen molar-refractivity contribution >= 4 is 7.53 Å². The Balaban J connectivity index is 0.771. The molecule has 17 rings (SSSR count). The second-order valence-corrected chi connectivity index (χ2v) is 32.6. The minimum absolute atomic E-state index is 0.180. The van der Waals surface area contributed by atoms with Crippen LogP contribution in [0.15, 0.2) is 382 Å². The van der Waals surface area contributed by atoms with E-state index in [4.69, 9.17) is 56.8 Å². The summed E-state index contributed by atoms with van der Waals surface area (Å²) in [4.78, 5) is 0. The SMILES string of the molecule is c1ccc(COc2cc(COc3cc(OCc4cc(OCc5ccccc5)cc(OCc5ccccc5)c4)cc(-c4c5c(c(-c6cc(OCc7cc(OCc8ccccc8)cc(OCc8ccccc8)c7)cc(OCc7cc(OCc8ccccc8)cc(OCc8ccccc8)c7)c6)p4-c4ccccc4)CCCC5)c3)cc(OCc3ccccc3)c2)cc1. The Hall–Kier alpha value is -14.3. The number of ether oxygens (including phenoxy) is 12. The van der Waals surface area contributed by atoms with Gasteiger partial charge in [0.15, 0.2) is 0 Å². The average molecular weight is 1640 g/mol. The van der Waals surface area contributed by atoms with Crippen LogP contribution < -0.4 is 56.8 Å². The van der Waals surface area contributed by atoms with Crippen molar-refractivity contribution in [1.29, 1.82) is 0 Å². The van der Waals surface area contributed by atoms with Gasteiger partial charge in [-0.05, 0) is 193 Å². The van der Waals surface area contributed by atoms with Crippen LogP contribution in [0.1, 0.15) is 90.7 Å². The Morgan fingerprint density at radius 1 is 0.163 bits per heavy atom. The fourth-order valence-electron chi connectivity index (χ4n) is 15.1. The first-order valence-electron chi connectivity index (χ1n) is 41.9. The lowest BCUT2D eigenvalue weighted by Gasteiger charge is -2.18. The largest absolute Gasteiger partial charge is 0.489 e. The predicted octanol–water partition coefficient (Wildman–Crippen LogP) is 26.8. The standard InChI is InChI=1S/C110H95O12P/c1-10-30-80(31-11-1)68-111-94-50-88(51-95(62-94)112-69-81-32-12-2-13-33-81)76-119-102-58-92(59-103(66-102)120-77-89-52-96(113-70-82-34-14-3-15-35-82)63-97(53-89)114-71-83-36-16-4-17-37-83)109-107-48-28-29-49-108(107)110(123(109)106-46-26-9-27-47-106)93-60-104(121-78-90-54-98(115-72-84-38-18-5-19-39-84)64-99(55-90)116-73-85-40-20-6-21-41-85)67-105(61-93)122-79-91-56-100(117-74-86-42-22-7-23-43-86)65-101(57-91)118-75-87-44-24-8-25-45-87/h1-27,30-47,50-67H,28-29,48-49,68-79H2. The third kappa shape index (κ3) is 23.0. The maximum atomic E-state index is 7.19. The van der Waals surface area contributed by atoms with E-state index in [2.05, 4.69) is 152 Å². The van der Waals surface area contributed by atoms with Crippen LogP contribution in [0.4, 0.5) is 0 Å². The average Bonchev–Trinajstić information content (AvgIpc) is 1.58. The van der Waals surface area contributed by atoms with Crippen molar-refractivity contribution in [1.82, 2.24) is 0 Å². The lowest BCUT2D eigenvalue weighted by molar-refractivity contribution is 0.276. The molecule has 0 amide bonds. The number of benzene rings is 15. The molecule has 1 aromatic heterocycles. The van der Waals surface area contributed by atoms with Crippen molar-refractivity contribution in [2.75, 3.05) is 0 Å². The number of fused-ring (bicyclic) bond motifs is 1. The monoisotopic (exact) mass is 1640 g/mol. The predicted molar refractivity (Wildman–Crippen MR) is 487 cm³/mol. The van der Waals surface area contributed by atoms with Crippen LogP contribution in [0.2, 0.25) is 0 Å². The molecule has 0 aliphatic heterocycles. The van der Waals surface area contributed by atoms with Gasteiger partial charge in [-0.3, -0.25) is 0 Å². The van der Waals surface area contributed by atoms with E-state index in [0.717, 1.165) is 104 Å². The molecule has 16 aromatic rings. The number of hydrogen-bond acceptors (Lipinski definition) is 12. The summed E-state index contributed by atoms with van der Waals surface area (Å²) in [7, 11) is -1.35. The van der Waals surface area contributed by atoms with Crippen molar-refractivity contribution in [3.05, 3.63) is 460 Å². The fraction of sp³-hybridized carbons (Fsp3) is 0.145. The molecule has 0 atom stereocenters. The highest BCUT2D eigenvalue weighted by molar-refractivity contribution is 7.63. The Morgan fingerprint density at radius 3 is 0.496 bits per heavy atom. The van der Waals surface area contributed by atoms with Crippen LogP contribution in [-0.4, -0.2) is 0 Å². The van der Waals surface area contributed by atoms with Gasteiger partial charge in [-0.2, -0.15) is 0 Å². The van der Waals surface area contributed by atoms with Gasteiger partial charge < -0.3 is 56.8 Å². The second-order valence-electron chi connectivity index (χ2n) is 30.5. The third-order valence-corrected chi connectivity index (χ3v) is 23.9. The van der Waals surface area contributed by atoms with Crippen LogP contribution in [-0.2, 0) is 92.1 Å². The number of hydrogen-bond donors (Lipinski definition) is 0. The zero-order chi connectivity index (χ0) is 82.8. The molecule has 1 aliphatic carbocycles. The summed E-state index contributed by atoms with van der Waals surface area (Å²) in [5, 5.41) is 3.65. The van der Waals surface area contributed by atoms with Gasteiger partial charge in [0, 0.05) is 47.0 Å². The molecular weight excluding hydrogens is 1540 g/mol. The molecule has 0 radical (unpaired) electrons. The quantitative estimate of drug-likeness (QED) is 0.0366. The Labute approximate surface area is 721 Å². The first-order chi connectivity index (χ1) is 60.8. The zero-order valence-corrected chi connectivity index (χ0v) is 69.4. The lowest BCUT2D eigenvalue weighted by atomic mass is 9.89. The molecule has 15 aromatic carbocycles. The summed E-state index contributed by atoms with van der Waals surface area (Å²) in [5.41, 5.74) is 16.5. The molecule has 0 N–H and O–H groups in total. The maximum absolute atomic E-state index is 7.19. The molecule has 0 saturated carbocycles. The van der Waals surface area contributed by atoms with Crippen molar-refractivity contribution < 1.29 is 56.8 Å². The topological polar surface area (TPSA) is 111 Å². The molecule has 13 heteroatoms. The highest BCUT2D eigenvalue weighted by Gasteiger charge is 2.30. The summed E-state index contributed by atoms with van der Waals surface area (Å²) < 4.78 is 81.3. The summed E-state index contributed by atoms with van der Waals surface area (Å²) in [5.74, 6) is 7.77. The lowest BCUT2D eigenvalue weighted by Crippen LogP contribution is -2.04. The molecule has 0 spiro atoms. The van der Waals surface area contributed by atoms with Crippen molar-refractivity contribution in [3.63, 3.8) is 0 Å². The van der Waals surface area contributed by atoms with Crippen molar-refractivity contribution in [3.8, 4) is 96.0 Å². The Kier molecular flexibility index (Phi) is 27.1. The second kappa shape index (κ2) is 41.1. The molecule has 1 aliphatic rings. The summed E-state index contributed by atoms with van der Waals surface area (Å²) in [6.07, 6.45) is 3.74. The highest BCUT2D eigenvalue weighted by atomic mass is 31.1. The van der Waals surface area contributed by atoms with E-state index in [0.29, 0.717) is 122 Å². The summed E-state index contributed by atoms with van der Waals surface area (Å²) >= 11 is 0. The van der Waals surface area contributed by atoms with Crippen LogP contribution in [0.5, 0.6) is 69.0 Å². The molecule has 612 valence electrons. The minimum Gasteiger partial charge on any atom is -0.489 e. The van der Waals surface area contributed by atoms with Gasteiger partial charge in [0.05, 0.1) is 0 Å². The van der Waals surface area contributed by atoms with E-state index >= 15 is 0 Å². The van der Waals surface area contributed by atoms with E-state index in [1.54, 1.807) is 0 Å². The van der Waals surface area contributed by atoms with Gasteiger partial charge in [-0.1, -0.05) is 281 Å². The van der Waals surface area contributed by atoms with Crippen molar-refractivity contribution in [2.24, 2.45) is 0 Å². The first-order valence-corrected chi connectivity index (χ1v) is 43.2. The molecule has 1 heterocycles. The van der Waals surface area contributed by atoms with Crippen LogP contribution >= 0.6 is 7.53 Å². The molecule has 0 fully saturated rings. The van der Waals surface area contributed by atoms with E-state index in [1.165, 1.54) is 27.0 Å². The fourth-order valence-corrected chi connectivity index (χ4v) is 18.1. The summed E-state index contributed by atoms with van der Waals surface area (Å²) in [6.45, 7) is 3.72. The smallest absolute Gasteiger partial charge is 0.124 e. The van der Waals surface area contributed by atoms with Gasteiger partial charge in [0.2, 0.25) is 0 Å². The third-order valence-electron chi connectivity index (χ3n) is 21.2. The van der Waals surface area contributed by atoms with Gasteiger partial charge >= 0.3 is 0 Å². The van der Waals surface area contributed by atoms with E-state index < -0.39 is 7.53 Å². The van der Waals surface area contributed by atoms with Gasteiger partial charge in [0.1, 0.15) is 148 Å². The molecular formula is C110H95O12P. The zero-order valence-electron chi connectivity index (χ0n) is 68.5. The Morgan fingerprint density at radius 2 is 0.317 bits per heavy atom. The Bertz CT molecular complexity index is 5150. The van der Waals surface area contributed by atoms with Gasteiger partial charge in [-0.25, -0.2) is 0 Å². The molecule has 0 unspecified atom stereocenters. The molecule has 0 saturated heterocycles. The van der Waals surface area contributed by atoms with E-state index in [-0.39, 0.29) is 26.4 Å². The van der Waals surface area contributed by atoms with Crippen LogP contribution in [0, 0.1) is 0 Å². The first kappa shape index (κ1) is 81.1. The van der Waals surface area contributed by atoms with Gasteiger partial charge in [0.25, 0.3) is 0 Å². The van der Waals surface area contributed by atoms with E-state index in [1.807, 2.05) is 231 Å². The van der Waals surface area contributed by atoms with Gasteiger partial charge in [-0.15, -0.1) is 0 Å². The molecule has 12 nitrogen and oxygen atoms in total. The molecule has 0 bridgehead atoms. The van der Waals surface area contributed by atoms with Crippen LogP contribution in [0.3, 0.4) is 0 Å². The van der Waals surface area contributed by atoms with E-state index in [9.17, 15) is 0 Å². The van der Waals surface area contributed by atoms with Crippen molar-refractivity contribution in [2.45, 2.75) is 105 Å². The molecule has 123 heavy (non-hydrogen) atoms. The maximum Gasteiger partial charge on any atom is 0.124 e. The number of rotatable bonds is 39. The normalized spacial score (nSPS) is 11.5. The minimum atomic E-state index is -1.35. The van der Waals surface area contributed by atoms with Crippen LogP contribution in [0.25, 0.3) is 27.0 Å². The summed E-state index contributed by atoms with van der Waals surface area (Å²) in [6, 6.07) is 129. The highest BCUT2D eigenvalue weighted by Crippen LogP contribution is 2.63.